The fourth-order valence-corrected chi connectivity index (χ4v) is 3.19. The summed E-state index contributed by atoms with van der Waals surface area (Å²) in [5.74, 6) is 0.810. The number of aromatic nitrogens is 4. The number of benzene rings is 1. The van der Waals surface area contributed by atoms with Gasteiger partial charge in [0.15, 0.2) is 5.65 Å². The molecule has 0 spiro atoms. The van der Waals surface area contributed by atoms with Crippen LogP contribution in [0.3, 0.4) is 0 Å². The Bertz CT molecular complexity index is 1260. The van der Waals surface area contributed by atoms with E-state index >= 15 is 0 Å². The van der Waals surface area contributed by atoms with Crippen molar-refractivity contribution in [3.63, 3.8) is 0 Å². The van der Waals surface area contributed by atoms with Crippen LogP contribution in [0.5, 0.6) is 5.75 Å². The fraction of sp³-hybridized carbons (Fsp3) is 0.0455. The first kappa shape index (κ1) is 16.3. The lowest BCUT2D eigenvalue weighted by Crippen LogP contribution is -1.95. The number of rotatable bonds is 4. The van der Waals surface area contributed by atoms with Crippen molar-refractivity contribution in [1.29, 1.82) is 0 Å². The number of methoxy groups -OCH3 is 1. The van der Waals surface area contributed by atoms with Crippen LogP contribution in [0.25, 0.3) is 39.3 Å². The molecule has 0 fully saturated rings. The monoisotopic (exact) mass is 368 g/mol. The summed E-state index contributed by atoms with van der Waals surface area (Å²) in [6, 6.07) is 15.8. The lowest BCUT2D eigenvalue weighted by Gasteiger charge is -2.06. The van der Waals surface area contributed by atoms with Crippen LogP contribution in [-0.2, 0) is 0 Å². The Morgan fingerprint density at radius 3 is 2.71 bits per heavy atom. The van der Waals surface area contributed by atoms with Crippen molar-refractivity contribution in [3.05, 3.63) is 79.6 Å². The summed E-state index contributed by atoms with van der Waals surface area (Å²) in [6.07, 6.45) is 8.76. The highest BCUT2D eigenvalue weighted by Crippen LogP contribution is 2.28. The number of nitrogens with zero attached hydrogens (tertiary/aromatic N) is 4. The van der Waals surface area contributed by atoms with E-state index in [1.807, 2.05) is 65.4 Å². The molecule has 0 radical (unpaired) electrons. The fourth-order valence-electron chi connectivity index (χ4n) is 3.19. The van der Waals surface area contributed by atoms with E-state index in [9.17, 15) is 0 Å². The van der Waals surface area contributed by atoms with E-state index in [-0.39, 0.29) is 0 Å². The van der Waals surface area contributed by atoms with Gasteiger partial charge in [0.2, 0.25) is 0 Å². The van der Waals surface area contributed by atoms with Gasteiger partial charge in [0.05, 0.1) is 43.4 Å². The Morgan fingerprint density at radius 1 is 0.893 bits per heavy atom. The van der Waals surface area contributed by atoms with Gasteiger partial charge in [0.25, 0.3) is 0 Å². The van der Waals surface area contributed by atoms with E-state index in [0.717, 1.165) is 45.0 Å². The molecule has 0 bridgehead atoms. The molecule has 0 unspecified atom stereocenters. The van der Waals surface area contributed by atoms with E-state index in [1.54, 1.807) is 25.8 Å². The number of pyridine rings is 1. The minimum atomic E-state index is 0.775. The number of imidazole rings is 1. The molecule has 0 saturated carbocycles. The summed E-state index contributed by atoms with van der Waals surface area (Å²) < 4.78 is 12.3. The van der Waals surface area contributed by atoms with Crippen molar-refractivity contribution in [2.24, 2.45) is 0 Å². The molecule has 136 valence electrons. The standard InChI is InChI=1S/C22H16N4O2/c1-27-19-4-2-3-15(9-19)18-11-22-24-13-21(26(22)25-12-18)16-5-7-23-20(10-16)17-6-8-28-14-17/h2-14H,1H3. The van der Waals surface area contributed by atoms with Crippen LogP contribution in [0.15, 0.2) is 84.1 Å². The van der Waals surface area contributed by atoms with Crippen LogP contribution in [0.2, 0.25) is 0 Å². The van der Waals surface area contributed by atoms with Crippen LogP contribution >= 0.6 is 0 Å². The second-order valence-electron chi connectivity index (χ2n) is 6.33. The van der Waals surface area contributed by atoms with Crippen LogP contribution < -0.4 is 4.74 Å². The number of ether oxygens (including phenoxy) is 1. The predicted molar refractivity (Wildman–Crippen MR) is 106 cm³/mol. The second-order valence-corrected chi connectivity index (χ2v) is 6.33. The lowest BCUT2D eigenvalue weighted by molar-refractivity contribution is 0.415. The van der Waals surface area contributed by atoms with Crippen LogP contribution in [0.1, 0.15) is 0 Å². The highest BCUT2D eigenvalue weighted by Gasteiger charge is 2.11. The molecule has 1 aromatic carbocycles. The second kappa shape index (κ2) is 6.66. The molecular weight excluding hydrogens is 352 g/mol. The first-order valence-electron chi connectivity index (χ1n) is 8.79. The van der Waals surface area contributed by atoms with Crippen LogP contribution in [-0.4, -0.2) is 26.7 Å². The van der Waals surface area contributed by atoms with Gasteiger partial charge in [-0.25, -0.2) is 9.50 Å². The molecule has 4 heterocycles. The van der Waals surface area contributed by atoms with Gasteiger partial charge in [-0.15, -0.1) is 0 Å². The summed E-state index contributed by atoms with van der Waals surface area (Å²) in [4.78, 5) is 8.97. The molecule has 5 aromatic rings. The molecule has 0 saturated heterocycles. The Hall–Kier alpha value is -3.93. The summed E-state index contributed by atoms with van der Waals surface area (Å²) in [6.45, 7) is 0. The van der Waals surface area contributed by atoms with Crippen molar-refractivity contribution < 1.29 is 9.15 Å². The zero-order chi connectivity index (χ0) is 18.9. The molecule has 6 heteroatoms. The van der Waals surface area contributed by atoms with Gasteiger partial charge >= 0.3 is 0 Å². The number of hydrogen-bond acceptors (Lipinski definition) is 5. The van der Waals surface area contributed by atoms with Crippen LogP contribution in [0.4, 0.5) is 0 Å². The molecule has 5 rings (SSSR count). The normalized spacial score (nSPS) is 11.0. The number of furan rings is 1. The highest BCUT2D eigenvalue weighted by atomic mass is 16.5. The largest absolute Gasteiger partial charge is 0.497 e. The molecule has 0 N–H and O–H groups in total. The van der Waals surface area contributed by atoms with E-state index in [0.29, 0.717) is 0 Å². The molecule has 0 aliphatic carbocycles. The van der Waals surface area contributed by atoms with Gasteiger partial charge in [-0.1, -0.05) is 12.1 Å². The van der Waals surface area contributed by atoms with Crippen molar-refractivity contribution in [2.45, 2.75) is 0 Å². The topological polar surface area (TPSA) is 65.5 Å². The lowest BCUT2D eigenvalue weighted by atomic mass is 10.1. The third-order valence-electron chi connectivity index (χ3n) is 4.64. The maximum Gasteiger partial charge on any atom is 0.154 e. The average molecular weight is 368 g/mol. The molecule has 4 aromatic heterocycles. The van der Waals surface area contributed by atoms with Gasteiger partial charge in [0, 0.05) is 22.9 Å². The smallest absolute Gasteiger partial charge is 0.154 e. The average Bonchev–Trinajstić information content (AvgIpc) is 3.43. The Labute approximate surface area is 161 Å². The summed E-state index contributed by atoms with van der Waals surface area (Å²) in [7, 11) is 1.66. The molecule has 0 atom stereocenters. The number of hydrogen-bond donors (Lipinski definition) is 0. The first-order valence-corrected chi connectivity index (χ1v) is 8.79. The first-order chi connectivity index (χ1) is 13.8. The zero-order valence-electron chi connectivity index (χ0n) is 15.1. The minimum absolute atomic E-state index is 0.775. The Balaban J connectivity index is 1.56. The number of fused-ring (bicyclic) bond motifs is 1. The Kier molecular flexibility index (Phi) is 3.87. The van der Waals surface area contributed by atoms with Gasteiger partial charge in [-0.3, -0.25) is 4.98 Å². The summed E-state index contributed by atoms with van der Waals surface area (Å²) >= 11 is 0. The van der Waals surface area contributed by atoms with E-state index in [1.165, 1.54) is 0 Å². The van der Waals surface area contributed by atoms with Crippen molar-refractivity contribution in [3.8, 4) is 39.4 Å². The SMILES string of the molecule is COc1cccc(-c2cnn3c(-c4ccnc(-c5ccoc5)c4)cnc3c2)c1. The van der Waals surface area contributed by atoms with Gasteiger partial charge in [-0.2, -0.15) is 5.10 Å². The maximum absolute atomic E-state index is 5.31. The van der Waals surface area contributed by atoms with Crippen molar-refractivity contribution >= 4 is 5.65 Å². The van der Waals surface area contributed by atoms with Gasteiger partial charge < -0.3 is 9.15 Å². The van der Waals surface area contributed by atoms with Crippen molar-refractivity contribution in [2.75, 3.05) is 7.11 Å². The highest BCUT2D eigenvalue weighted by molar-refractivity contribution is 5.72. The molecule has 28 heavy (non-hydrogen) atoms. The molecule has 6 nitrogen and oxygen atoms in total. The third kappa shape index (κ3) is 2.81. The Morgan fingerprint density at radius 2 is 1.86 bits per heavy atom. The quantitative estimate of drug-likeness (QED) is 0.459. The molecule has 0 aliphatic rings. The predicted octanol–water partition coefficient (Wildman–Crippen LogP) is 4.73. The maximum atomic E-state index is 5.31. The minimum Gasteiger partial charge on any atom is -0.497 e. The third-order valence-corrected chi connectivity index (χ3v) is 4.64. The molecule has 0 amide bonds. The van der Waals surface area contributed by atoms with E-state index in [4.69, 9.17) is 9.15 Å². The molecular formula is C22H16N4O2. The summed E-state index contributed by atoms with van der Waals surface area (Å²) in [5.41, 5.74) is 6.46. The van der Waals surface area contributed by atoms with Gasteiger partial charge in [0.1, 0.15) is 5.75 Å². The summed E-state index contributed by atoms with van der Waals surface area (Å²) in [5, 5.41) is 4.62. The zero-order valence-corrected chi connectivity index (χ0v) is 15.1. The molecule has 0 aliphatic heterocycles. The van der Waals surface area contributed by atoms with Gasteiger partial charge in [-0.05, 0) is 42.0 Å². The van der Waals surface area contributed by atoms with Crippen LogP contribution in [0, 0.1) is 0 Å². The van der Waals surface area contributed by atoms with E-state index in [2.05, 4.69) is 15.1 Å². The van der Waals surface area contributed by atoms with Crippen molar-refractivity contribution in [1.82, 2.24) is 19.6 Å². The van der Waals surface area contributed by atoms with E-state index < -0.39 is 0 Å².